The first-order valence-corrected chi connectivity index (χ1v) is 13.6. The van der Waals surface area contributed by atoms with Crippen molar-refractivity contribution in [1.82, 2.24) is 14.5 Å². The Morgan fingerprint density at radius 2 is 1.56 bits per heavy atom. The van der Waals surface area contributed by atoms with Crippen LogP contribution in [0.5, 0.6) is 0 Å². The van der Waals surface area contributed by atoms with Crippen molar-refractivity contribution in [2.45, 2.75) is 19.1 Å². The van der Waals surface area contributed by atoms with E-state index in [0.29, 0.717) is 41.7 Å². The molecule has 6 nitrogen and oxygen atoms in total. The third kappa shape index (κ3) is 5.64. The molecule has 2 N–H and O–H groups in total. The number of halogens is 3. The molecule has 0 fully saturated rings. The van der Waals surface area contributed by atoms with Gasteiger partial charge in [-0.1, -0.05) is 60.1 Å². The Kier molecular flexibility index (Phi) is 7.39. The molecule has 9 heteroatoms. The molecule has 0 aliphatic carbocycles. The van der Waals surface area contributed by atoms with Gasteiger partial charge in [-0.15, -0.1) is 0 Å². The van der Waals surface area contributed by atoms with Gasteiger partial charge < -0.3 is 20.1 Å². The molecule has 1 unspecified atom stereocenters. The Hall–Kier alpha value is -4.69. The summed E-state index contributed by atoms with van der Waals surface area (Å²) in [6, 6.07) is 29.2. The van der Waals surface area contributed by atoms with E-state index >= 15 is 0 Å². The molecule has 6 rings (SSSR count). The van der Waals surface area contributed by atoms with Crippen LogP contribution < -0.4 is 10.6 Å². The van der Waals surface area contributed by atoms with E-state index in [1.807, 2.05) is 65.2 Å². The highest BCUT2D eigenvalue weighted by molar-refractivity contribution is 6.30. The van der Waals surface area contributed by atoms with E-state index in [0.717, 1.165) is 11.3 Å². The molecule has 1 aliphatic heterocycles. The van der Waals surface area contributed by atoms with Crippen molar-refractivity contribution in [1.29, 1.82) is 0 Å². The van der Waals surface area contributed by atoms with Gasteiger partial charge in [0.15, 0.2) is 0 Å². The molecule has 1 aromatic heterocycles. The molecule has 1 atom stereocenters. The summed E-state index contributed by atoms with van der Waals surface area (Å²) in [5.74, 6) is 0.302. The molecule has 0 saturated heterocycles. The highest BCUT2D eigenvalue weighted by Crippen LogP contribution is 2.35. The zero-order valence-corrected chi connectivity index (χ0v) is 22.7. The topological polar surface area (TPSA) is 62.2 Å². The smallest absolute Gasteiger partial charge is 0.250 e. The predicted molar refractivity (Wildman–Crippen MR) is 157 cm³/mol. The van der Waals surface area contributed by atoms with Crippen LogP contribution in [-0.2, 0) is 17.9 Å². The van der Waals surface area contributed by atoms with Crippen molar-refractivity contribution in [2.75, 3.05) is 17.2 Å². The molecule has 206 valence electrons. The fourth-order valence-electron chi connectivity index (χ4n) is 4.98. The lowest BCUT2D eigenvalue weighted by molar-refractivity contribution is -0.133. The van der Waals surface area contributed by atoms with Gasteiger partial charge in [-0.05, 0) is 60.2 Å². The summed E-state index contributed by atoms with van der Waals surface area (Å²) in [6.45, 7) is 1.17. The monoisotopic (exact) mass is 569 g/mol. The maximum absolute atomic E-state index is 14.2. The van der Waals surface area contributed by atoms with Gasteiger partial charge in [0.2, 0.25) is 5.91 Å². The maximum Gasteiger partial charge on any atom is 0.250 e. The number of benzene rings is 4. The lowest BCUT2D eigenvalue weighted by atomic mass is 10.0. The largest absolute Gasteiger partial charge is 0.370 e. The third-order valence-corrected chi connectivity index (χ3v) is 7.36. The molecular formula is C32H26ClF2N5O. The maximum atomic E-state index is 14.2. The summed E-state index contributed by atoms with van der Waals surface area (Å²) in [6.07, 6.45) is 0. The number of amides is 1. The van der Waals surface area contributed by atoms with Crippen LogP contribution in [0.25, 0.3) is 11.3 Å². The molecule has 1 aliphatic rings. The molecule has 5 aromatic rings. The minimum absolute atomic E-state index is 0.0239. The average Bonchev–Trinajstić information content (AvgIpc) is 3.36. The molecule has 41 heavy (non-hydrogen) atoms. The van der Waals surface area contributed by atoms with E-state index in [4.69, 9.17) is 16.6 Å². The van der Waals surface area contributed by atoms with Crippen LogP contribution >= 0.6 is 11.6 Å². The number of carbonyl (C=O) groups excluding carboxylic acids is 1. The van der Waals surface area contributed by atoms with Crippen LogP contribution in [0.1, 0.15) is 17.4 Å². The second kappa shape index (κ2) is 11.4. The van der Waals surface area contributed by atoms with Crippen molar-refractivity contribution in [2.24, 2.45) is 0 Å². The molecule has 0 bridgehead atoms. The van der Waals surface area contributed by atoms with Gasteiger partial charge in [0.25, 0.3) is 0 Å². The van der Waals surface area contributed by atoms with Gasteiger partial charge in [-0.3, -0.25) is 4.79 Å². The number of imidazole rings is 1. The Bertz CT molecular complexity index is 1680. The van der Waals surface area contributed by atoms with Crippen LogP contribution in [0.2, 0.25) is 5.02 Å². The number of para-hydroxylation sites is 1. The first-order valence-electron chi connectivity index (χ1n) is 13.2. The van der Waals surface area contributed by atoms with Crippen molar-refractivity contribution in [3.63, 3.8) is 0 Å². The van der Waals surface area contributed by atoms with Gasteiger partial charge >= 0.3 is 0 Å². The first kappa shape index (κ1) is 26.5. The molecule has 2 heterocycles. The molecule has 1 amide bonds. The van der Waals surface area contributed by atoms with E-state index in [1.54, 1.807) is 23.1 Å². The number of nitrogens with zero attached hydrogens (tertiary/aromatic N) is 3. The Balaban J connectivity index is 1.34. The van der Waals surface area contributed by atoms with Crippen LogP contribution in [0, 0.1) is 11.6 Å². The summed E-state index contributed by atoms with van der Waals surface area (Å²) >= 11 is 5.89. The van der Waals surface area contributed by atoms with Gasteiger partial charge in [0, 0.05) is 30.0 Å². The average molecular weight is 570 g/mol. The summed E-state index contributed by atoms with van der Waals surface area (Å²) in [4.78, 5) is 20.7. The number of anilines is 3. The minimum Gasteiger partial charge on any atom is -0.370 e. The SMILES string of the molecule is O=C(C(Nc1ccccc1)c1ccccc1)N1CCn2c(nc(-c3ccc(F)cc3)c2Nc2ccc(Cl)c(F)c2)C1. The molecule has 4 aromatic carbocycles. The van der Waals surface area contributed by atoms with Crippen LogP contribution in [-0.4, -0.2) is 26.9 Å². The third-order valence-electron chi connectivity index (χ3n) is 7.05. The van der Waals surface area contributed by atoms with E-state index in [1.165, 1.54) is 24.3 Å². The number of fused-ring (bicyclic) bond motifs is 1. The predicted octanol–water partition coefficient (Wildman–Crippen LogP) is 7.42. The molecule has 0 spiro atoms. The number of aromatic nitrogens is 2. The van der Waals surface area contributed by atoms with Gasteiger partial charge in [-0.2, -0.15) is 0 Å². The van der Waals surface area contributed by atoms with Crippen molar-refractivity contribution in [3.8, 4) is 11.3 Å². The lowest BCUT2D eigenvalue weighted by Gasteiger charge is -2.32. The van der Waals surface area contributed by atoms with Crippen molar-refractivity contribution < 1.29 is 13.6 Å². The fourth-order valence-corrected chi connectivity index (χ4v) is 5.10. The second-order valence-corrected chi connectivity index (χ2v) is 10.2. The summed E-state index contributed by atoms with van der Waals surface area (Å²) in [5.41, 5.74) is 3.46. The zero-order valence-electron chi connectivity index (χ0n) is 21.9. The minimum atomic E-state index is -0.591. The van der Waals surface area contributed by atoms with Crippen LogP contribution in [0.3, 0.4) is 0 Å². The van der Waals surface area contributed by atoms with Crippen LogP contribution in [0.15, 0.2) is 103 Å². The summed E-state index contributed by atoms with van der Waals surface area (Å²) in [5, 5.41) is 6.70. The van der Waals surface area contributed by atoms with E-state index in [2.05, 4.69) is 10.6 Å². The second-order valence-electron chi connectivity index (χ2n) is 9.75. The highest BCUT2D eigenvalue weighted by Gasteiger charge is 2.31. The molecular weight excluding hydrogens is 544 g/mol. The van der Waals surface area contributed by atoms with Crippen molar-refractivity contribution >= 4 is 34.7 Å². The van der Waals surface area contributed by atoms with E-state index in [9.17, 15) is 13.6 Å². The standard InChI is InChI=1S/C32H26ClF2N5O/c33-26-16-15-25(19-27(26)35)37-31-29(22-11-13-23(34)14-12-22)38-28-20-39(17-18-40(28)31)32(41)30(21-7-3-1-4-8-21)36-24-9-5-2-6-10-24/h1-16,19,30,36-37H,17-18,20H2. The fraction of sp³-hybridized carbons (Fsp3) is 0.125. The lowest BCUT2D eigenvalue weighted by Crippen LogP contribution is -2.42. The molecule has 0 radical (unpaired) electrons. The van der Waals surface area contributed by atoms with Gasteiger partial charge in [-0.25, -0.2) is 13.8 Å². The number of hydrogen-bond donors (Lipinski definition) is 2. The normalized spacial score (nSPS) is 13.4. The number of carbonyl (C=O) groups is 1. The number of nitrogens with one attached hydrogen (secondary N) is 2. The van der Waals surface area contributed by atoms with Gasteiger partial charge in [0.05, 0.1) is 11.6 Å². The summed E-state index contributed by atoms with van der Waals surface area (Å²) in [7, 11) is 0. The number of rotatable bonds is 7. The van der Waals surface area contributed by atoms with E-state index in [-0.39, 0.29) is 23.3 Å². The first-order chi connectivity index (χ1) is 20.0. The van der Waals surface area contributed by atoms with Crippen LogP contribution in [0.4, 0.5) is 26.0 Å². The van der Waals surface area contributed by atoms with E-state index < -0.39 is 11.9 Å². The Morgan fingerprint density at radius 1 is 0.854 bits per heavy atom. The Morgan fingerprint density at radius 3 is 2.27 bits per heavy atom. The zero-order chi connectivity index (χ0) is 28.3. The quantitative estimate of drug-likeness (QED) is 0.214. The highest BCUT2D eigenvalue weighted by atomic mass is 35.5. The van der Waals surface area contributed by atoms with Gasteiger partial charge in [0.1, 0.15) is 35.0 Å². The summed E-state index contributed by atoms with van der Waals surface area (Å²) < 4.78 is 29.9. The number of hydrogen-bond acceptors (Lipinski definition) is 4. The Labute approximate surface area is 241 Å². The molecule has 0 saturated carbocycles. The van der Waals surface area contributed by atoms with Crippen molar-refractivity contribution in [3.05, 3.63) is 131 Å².